The average Bonchev–Trinajstić information content (AvgIpc) is 2.40. The van der Waals surface area contributed by atoms with Gasteiger partial charge >= 0.3 is 5.97 Å². The summed E-state index contributed by atoms with van der Waals surface area (Å²) >= 11 is 3.31. The van der Waals surface area contributed by atoms with Gasteiger partial charge in [0.05, 0.1) is 18.7 Å². The number of hydrogen-bond acceptors (Lipinski definition) is 4. The molecule has 0 fully saturated rings. The van der Waals surface area contributed by atoms with Gasteiger partial charge in [-0.3, -0.25) is 4.79 Å². The van der Waals surface area contributed by atoms with Crippen molar-refractivity contribution in [3.63, 3.8) is 0 Å². The fourth-order valence-corrected chi connectivity index (χ4v) is 2.01. The zero-order valence-electron chi connectivity index (χ0n) is 11.1. The van der Waals surface area contributed by atoms with Gasteiger partial charge in [0.25, 0.3) is 0 Å². The maximum Gasteiger partial charge on any atom is 0.335 e. The first kappa shape index (κ1) is 16.6. The molecule has 0 heterocycles. The summed E-state index contributed by atoms with van der Waals surface area (Å²) in [5, 5.41) is 14.5. The SMILES string of the molecule is COCCNC(=O)CNCc1ccc(C(=O)O)cc1Br. The maximum absolute atomic E-state index is 11.4. The number of aromatic carboxylic acids is 1. The number of amides is 1. The van der Waals surface area contributed by atoms with E-state index in [1.807, 2.05) is 0 Å². The lowest BCUT2D eigenvalue weighted by atomic mass is 10.1. The number of ether oxygens (including phenoxy) is 1. The van der Waals surface area contributed by atoms with E-state index >= 15 is 0 Å². The molecule has 6 nitrogen and oxygen atoms in total. The van der Waals surface area contributed by atoms with Crippen LogP contribution in [0.5, 0.6) is 0 Å². The first-order valence-corrected chi connectivity index (χ1v) is 6.82. The van der Waals surface area contributed by atoms with Crippen molar-refractivity contribution < 1.29 is 19.4 Å². The van der Waals surface area contributed by atoms with Crippen LogP contribution in [-0.2, 0) is 16.1 Å². The van der Waals surface area contributed by atoms with Gasteiger partial charge in [-0.05, 0) is 17.7 Å². The minimum absolute atomic E-state index is 0.111. The number of carboxylic acids is 1. The third-order valence-corrected chi connectivity index (χ3v) is 3.27. The Bertz CT molecular complexity index is 479. The second kappa shape index (κ2) is 8.68. The molecule has 110 valence electrons. The standard InChI is InChI=1S/C13H17BrN2O4/c1-20-5-4-16-12(17)8-15-7-10-3-2-9(13(18)19)6-11(10)14/h2-3,6,15H,4-5,7-8H2,1H3,(H,16,17)(H,18,19). The van der Waals surface area contributed by atoms with E-state index in [0.717, 1.165) is 5.56 Å². The van der Waals surface area contributed by atoms with E-state index < -0.39 is 5.97 Å². The average molecular weight is 345 g/mol. The van der Waals surface area contributed by atoms with E-state index in [9.17, 15) is 9.59 Å². The molecule has 0 aromatic heterocycles. The van der Waals surface area contributed by atoms with Gasteiger partial charge < -0.3 is 20.5 Å². The predicted octanol–water partition coefficient (Wildman–Crippen LogP) is 1.000. The smallest absolute Gasteiger partial charge is 0.335 e. The maximum atomic E-state index is 11.4. The molecule has 0 aliphatic heterocycles. The van der Waals surface area contributed by atoms with Crippen LogP contribution >= 0.6 is 15.9 Å². The zero-order chi connectivity index (χ0) is 15.0. The molecule has 0 spiro atoms. The number of nitrogens with one attached hydrogen (secondary N) is 2. The van der Waals surface area contributed by atoms with E-state index in [2.05, 4.69) is 26.6 Å². The van der Waals surface area contributed by atoms with Crippen LogP contribution in [0, 0.1) is 0 Å². The Labute approximate surface area is 125 Å². The zero-order valence-corrected chi connectivity index (χ0v) is 12.7. The number of methoxy groups -OCH3 is 1. The van der Waals surface area contributed by atoms with Crippen LogP contribution in [0.3, 0.4) is 0 Å². The molecular weight excluding hydrogens is 328 g/mol. The molecule has 3 N–H and O–H groups in total. The topological polar surface area (TPSA) is 87.7 Å². The van der Waals surface area contributed by atoms with Crippen LogP contribution in [0.25, 0.3) is 0 Å². The first-order chi connectivity index (χ1) is 9.54. The van der Waals surface area contributed by atoms with Crippen LogP contribution in [0.1, 0.15) is 15.9 Å². The van der Waals surface area contributed by atoms with Gasteiger partial charge in [0, 0.05) is 24.7 Å². The molecule has 0 saturated heterocycles. The Balaban J connectivity index is 2.38. The van der Waals surface area contributed by atoms with Gasteiger partial charge in [-0.1, -0.05) is 22.0 Å². The van der Waals surface area contributed by atoms with Gasteiger partial charge in [-0.15, -0.1) is 0 Å². The summed E-state index contributed by atoms with van der Waals surface area (Å²) < 4.78 is 5.52. The quantitative estimate of drug-likeness (QED) is 0.612. The van der Waals surface area contributed by atoms with E-state index in [1.54, 1.807) is 13.2 Å². The number of carbonyl (C=O) groups excluding carboxylic acids is 1. The number of carbonyl (C=O) groups is 2. The molecule has 0 saturated carbocycles. The second-order valence-electron chi connectivity index (χ2n) is 4.06. The molecule has 0 aliphatic rings. The lowest BCUT2D eigenvalue weighted by Gasteiger charge is -2.08. The van der Waals surface area contributed by atoms with E-state index in [4.69, 9.17) is 9.84 Å². The van der Waals surface area contributed by atoms with Crippen LogP contribution in [0.4, 0.5) is 0 Å². The number of rotatable bonds is 8. The predicted molar refractivity (Wildman–Crippen MR) is 77.7 cm³/mol. The number of benzene rings is 1. The Kier molecular flexibility index (Phi) is 7.21. The molecule has 20 heavy (non-hydrogen) atoms. The van der Waals surface area contributed by atoms with Crippen molar-refractivity contribution in [2.45, 2.75) is 6.54 Å². The van der Waals surface area contributed by atoms with Crippen LogP contribution in [-0.4, -0.2) is 43.8 Å². The van der Waals surface area contributed by atoms with Crippen molar-refractivity contribution in [3.05, 3.63) is 33.8 Å². The molecule has 1 aromatic carbocycles. The third kappa shape index (κ3) is 5.68. The van der Waals surface area contributed by atoms with Gasteiger partial charge in [-0.25, -0.2) is 4.79 Å². The van der Waals surface area contributed by atoms with Crippen LogP contribution in [0.15, 0.2) is 22.7 Å². The summed E-state index contributed by atoms with van der Waals surface area (Å²) in [7, 11) is 1.57. The fraction of sp³-hybridized carbons (Fsp3) is 0.385. The minimum Gasteiger partial charge on any atom is -0.478 e. The molecular formula is C13H17BrN2O4. The van der Waals surface area contributed by atoms with E-state index in [-0.39, 0.29) is 18.0 Å². The van der Waals surface area contributed by atoms with Crippen molar-refractivity contribution >= 4 is 27.8 Å². The summed E-state index contributed by atoms with van der Waals surface area (Å²) in [5.74, 6) is -1.08. The third-order valence-electron chi connectivity index (χ3n) is 2.53. The van der Waals surface area contributed by atoms with Crippen molar-refractivity contribution in [2.75, 3.05) is 26.8 Å². The van der Waals surface area contributed by atoms with Crippen molar-refractivity contribution in [1.82, 2.24) is 10.6 Å². The molecule has 0 bridgehead atoms. The normalized spacial score (nSPS) is 10.3. The molecule has 1 amide bonds. The summed E-state index contributed by atoms with van der Waals surface area (Å²) in [6, 6.07) is 4.78. The highest BCUT2D eigenvalue weighted by atomic mass is 79.9. The molecule has 7 heteroatoms. The highest BCUT2D eigenvalue weighted by Crippen LogP contribution is 2.18. The molecule has 1 aromatic rings. The summed E-state index contributed by atoms with van der Waals surface area (Å²) in [4.78, 5) is 22.2. The van der Waals surface area contributed by atoms with Gasteiger partial charge in [-0.2, -0.15) is 0 Å². The van der Waals surface area contributed by atoms with E-state index in [0.29, 0.717) is 24.2 Å². The minimum atomic E-state index is -0.970. The Morgan fingerprint density at radius 3 is 2.75 bits per heavy atom. The second-order valence-corrected chi connectivity index (χ2v) is 4.91. The van der Waals surface area contributed by atoms with Crippen molar-refractivity contribution in [1.29, 1.82) is 0 Å². The van der Waals surface area contributed by atoms with Gasteiger partial charge in [0.1, 0.15) is 0 Å². The van der Waals surface area contributed by atoms with Crippen LogP contribution in [0.2, 0.25) is 0 Å². The summed E-state index contributed by atoms with van der Waals surface area (Å²) in [5.41, 5.74) is 1.11. The molecule has 0 radical (unpaired) electrons. The van der Waals surface area contributed by atoms with Crippen molar-refractivity contribution in [3.8, 4) is 0 Å². The Morgan fingerprint density at radius 2 is 2.15 bits per heavy atom. The first-order valence-electron chi connectivity index (χ1n) is 6.02. The largest absolute Gasteiger partial charge is 0.478 e. The van der Waals surface area contributed by atoms with Gasteiger partial charge in [0.2, 0.25) is 5.91 Å². The fourth-order valence-electron chi connectivity index (χ4n) is 1.49. The van der Waals surface area contributed by atoms with Gasteiger partial charge in [0.15, 0.2) is 0 Å². The number of hydrogen-bond donors (Lipinski definition) is 3. The lowest BCUT2D eigenvalue weighted by Crippen LogP contribution is -2.35. The Morgan fingerprint density at radius 1 is 1.40 bits per heavy atom. The van der Waals surface area contributed by atoms with Crippen LogP contribution < -0.4 is 10.6 Å². The van der Waals surface area contributed by atoms with E-state index in [1.165, 1.54) is 12.1 Å². The molecule has 0 atom stereocenters. The lowest BCUT2D eigenvalue weighted by molar-refractivity contribution is -0.120. The van der Waals surface area contributed by atoms with Crippen molar-refractivity contribution in [2.24, 2.45) is 0 Å². The monoisotopic (exact) mass is 344 g/mol. The molecule has 0 aliphatic carbocycles. The molecule has 0 unspecified atom stereocenters. The summed E-state index contributed by atoms with van der Waals surface area (Å²) in [6.45, 7) is 1.62. The number of carboxylic acid groups (broad SMARTS) is 1. The molecule has 1 rings (SSSR count). The number of halogens is 1. The summed E-state index contributed by atoms with van der Waals surface area (Å²) in [6.07, 6.45) is 0. The highest BCUT2D eigenvalue weighted by Gasteiger charge is 2.07. The highest BCUT2D eigenvalue weighted by molar-refractivity contribution is 9.10. The Hall–Kier alpha value is -1.44.